The summed E-state index contributed by atoms with van der Waals surface area (Å²) >= 11 is 0. The number of imidazole rings is 1. The number of anilines is 1. The van der Waals surface area contributed by atoms with Gasteiger partial charge in [0.15, 0.2) is 0 Å². The van der Waals surface area contributed by atoms with Gasteiger partial charge in [-0.25, -0.2) is 13.2 Å². The van der Waals surface area contributed by atoms with E-state index in [2.05, 4.69) is 5.32 Å². The average Bonchev–Trinajstić information content (AvgIpc) is 2.90. The minimum Gasteiger partial charge on any atom is -0.497 e. The number of rotatable bonds is 6. The summed E-state index contributed by atoms with van der Waals surface area (Å²) in [7, 11) is 0.694. The zero-order valence-corrected chi connectivity index (χ0v) is 18.4. The van der Waals surface area contributed by atoms with Crippen molar-refractivity contribution in [3.63, 3.8) is 0 Å². The van der Waals surface area contributed by atoms with Crippen LogP contribution in [0.25, 0.3) is 11.0 Å². The van der Waals surface area contributed by atoms with E-state index in [4.69, 9.17) is 4.74 Å². The molecule has 0 atom stereocenters. The first kappa shape index (κ1) is 21.6. The average molecular weight is 432 g/mol. The highest BCUT2D eigenvalue weighted by Gasteiger charge is 2.25. The number of nitrogens with one attached hydrogen (secondary N) is 1. The fraction of sp³-hybridized carbons (Fsp3) is 0.333. The summed E-state index contributed by atoms with van der Waals surface area (Å²) in [4.78, 5) is 24.8. The summed E-state index contributed by atoms with van der Waals surface area (Å²) in [5.41, 5.74) is 0.834. The molecule has 0 aliphatic heterocycles. The molecule has 0 aliphatic carbocycles. The summed E-state index contributed by atoms with van der Waals surface area (Å²) in [6.07, 6.45) is 0.244. The maximum absolute atomic E-state index is 13.4. The van der Waals surface area contributed by atoms with Crippen LogP contribution in [0.5, 0.6) is 5.75 Å². The van der Waals surface area contributed by atoms with E-state index >= 15 is 0 Å². The van der Waals surface area contributed by atoms with Gasteiger partial charge in [0.2, 0.25) is 15.7 Å². The van der Waals surface area contributed by atoms with Crippen molar-refractivity contribution in [3.8, 4) is 5.75 Å². The summed E-state index contributed by atoms with van der Waals surface area (Å²) < 4.78 is 34.7. The predicted molar refractivity (Wildman–Crippen MR) is 115 cm³/mol. The Morgan fingerprint density at radius 2 is 1.63 bits per heavy atom. The van der Waals surface area contributed by atoms with E-state index in [1.807, 2.05) is 13.8 Å². The molecule has 0 saturated heterocycles. The SMILES string of the molecule is COc1ccc(S(=O)(=O)c2cc3c(cc2NC(=O)CC(C)C)n(C)c(=O)n3C)cc1. The van der Waals surface area contributed by atoms with E-state index in [9.17, 15) is 18.0 Å². The van der Waals surface area contributed by atoms with Crippen LogP contribution in [0.1, 0.15) is 20.3 Å². The standard InChI is InChI=1S/C21H25N3O5S/c1-13(2)10-20(25)22-16-11-17-18(24(4)21(26)23(17)3)12-19(16)30(27,28)15-8-6-14(29-5)7-9-15/h6-9,11-13H,10H2,1-5H3,(H,22,25). The Balaban J connectivity index is 2.23. The van der Waals surface area contributed by atoms with Gasteiger partial charge in [-0.1, -0.05) is 13.8 Å². The van der Waals surface area contributed by atoms with Crippen molar-refractivity contribution in [1.29, 1.82) is 0 Å². The first-order valence-electron chi connectivity index (χ1n) is 9.44. The van der Waals surface area contributed by atoms with Crippen LogP contribution >= 0.6 is 0 Å². The number of hydrogen-bond acceptors (Lipinski definition) is 5. The van der Waals surface area contributed by atoms with Crippen LogP contribution in [0.4, 0.5) is 5.69 Å². The van der Waals surface area contributed by atoms with Crippen molar-refractivity contribution in [2.75, 3.05) is 12.4 Å². The molecule has 1 aromatic heterocycles. The zero-order valence-electron chi connectivity index (χ0n) is 17.6. The number of fused-ring (bicyclic) bond motifs is 1. The molecule has 3 aromatic rings. The predicted octanol–water partition coefficient (Wildman–Crippen LogP) is 2.70. The summed E-state index contributed by atoms with van der Waals surface area (Å²) in [6.45, 7) is 3.80. The van der Waals surface area contributed by atoms with E-state index in [0.717, 1.165) is 0 Å². The molecule has 160 valence electrons. The second kappa shape index (κ2) is 7.98. The van der Waals surface area contributed by atoms with Crippen LogP contribution in [0.3, 0.4) is 0 Å². The molecule has 1 N–H and O–H groups in total. The van der Waals surface area contributed by atoms with Gasteiger partial charge in [-0.3, -0.25) is 13.9 Å². The number of carbonyl (C=O) groups excluding carboxylic acids is 1. The van der Waals surface area contributed by atoms with Crippen molar-refractivity contribution in [2.45, 2.75) is 30.1 Å². The van der Waals surface area contributed by atoms with Crippen LogP contribution in [0.2, 0.25) is 0 Å². The highest BCUT2D eigenvalue weighted by Crippen LogP contribution is 2.32. The first-order valence-corrected chi connectivity index (χ1v) is 10.9. The number of nitrogens with zero attached hydrogens (tertiary/aromatic N) is 2. The number of methoxy groups -OCH3 is 1. The lowest BCUT2D eigenvalue weighted by Crippen LogP contribution is -2.19. The third-order valence-corrected chi connectivity index (χ3v) is 6.71. The van der Waals surface area contributed by atoms with Crippen molar-refractivity contribution < 1.29 is 17.9 Å². The molecular formula is C21H25N3O5S. The molecule has 0 radical (unpaired) electrons. The van der Waals surface area contributed by atoms with Gasteiger partial charge in [-0.15, -0.1) is 0 Å². The molecule has 8 nitrogen and oxygen atoms in total. The highest BCUT2D eigenvalue weighted by molar-refractivity contribution is 7.91. The van der Waals surface area contributed by atoms with E-state index in [1.165, 1.54) is 40.5 Å². The maximum Gasteiger partial charge on any atom is 0.328 e. The number of amides is 1. The van der Waals surface area contributed by atoms with Crippen LogP contribution in [-0.4, -0.2) is 30.6 Å². The van der Waals surface area contributed by atoms with E-state index < -0.39 is 9.84 Å². The molecule has 0 saturated carbocycles. The van der Waals surface area contributed by atoms with Crippen LogP contribution in [-0.2, 0) is 28.7 Å². The molecule has 1 heterocycles. The third kappa shape index (κ3) is 3.85. The lowest BCUT2D eigenvalue weighted by atomic mass is 10.1. The molecular weight excluding hydrogens is 406 g/mol. The van der Waals surface area contributed by atoms with Gasteiger partial charge >= 0.3 is 5.69 Å². The fourth-order valence-electron chi connectivity index (χ4n) is 3.30. The number of aromatic nitrogens is 2. The molecule has 0 aliphatic rings. The van der Waals surface area contributed by atoms with E-state index in [-0.39, 0.29) is 39.4 Å². The normalized spacial score (nSPS) is 11.8. The quantitative estimate of drug-likeness (QED) is 0.647. The Labute approximate surface area is 175 Å². The zero-order chi connectivity index (χ0) is 22.2. The molecule has 0 bridgehead atoms. The monoisotopic (exact) mass is 431 g/mol. The molecule has 0 fully saturated rings. The van der Waals surface area contributed by atoms with Crippen LogP contribution in [0.15, 0.2) is 51.0 Å². The Hall–Kier alpha value is -3.07. The second-order valence-corrected chi connectivity index (χ2v) is 9.48. The summed E-state index contributed by atoms with van der Waals surface area (Å²) in [5, 5.41) is 2.72. The molecule has 0 unspecified atom stereocenters. The van der Waals surface area contributed by atoms with Gasteiger partial charge in [0.05, 0.1) is 33.6 Å². The number of hydrogen-bond donors (Lipinski definition) is 1. The number of aryl methyl sites for hydroxylation is 2. The van der Waals surface area contributed by atoms with Gasteiger partial charge in [0.25, 0.3) is 0 Å². The number of ether oxygens (including phenoxy) is 1. The van der Waals surface area contributed by atoms with E-state index in [1.54, 1.807) is 26.2 Å². The molecule has 30 heavy (non-hydrogen) atoms. The number of benzene rings is 2. The van der Waals surface area contributed by atoms with E-state index in [0.29, 0.717) is 16.8 Å². The molecule has 2 aromatic carbocycles. The topological polar surface area (TPSA) is 99.4 Å². The van der Waals surface area contributed by atoms with Crippen LogP contribution < -0.4 is 15.7 Å². The van der Waals surface area contributed by atoms with Gasteiger partial charge in [0, 0.05) is 20.5 Å². The Bertz CT molecular complexity index is 1270. The lowest BCUT2D eigenvalue weighted by Gasteiger charge is -2.14. The Kier molecular flexibility index (Phi) is 5.76. The molecule has 0 spiro atoms. The molecule has 9 heteroatoms. The Morgan fingerprint density at radius 1 is 1.07 bits per heavy atom. The second-order valence-electron chi connectivity index (χ2n) is 7.56. The fourth-order valence-corrected chi connectivity index (χ4v) is 4.71. The Morgan fingerprint density at radius 3 is 2.17 bits per heavy atom. The number of carbonyl (C=O) groups is 1. The van der Waals surface area contributed by atoms with Gasteiger partial charge in [0.1, 0.15) is 5.75 Å². The smallest absolute Gasteiger partial charge is 0.328 e. The maximum atomic E-state index is 13.4. The van der Waals surface area contributed by atoms with Gasteiger partial charge in [-0.05, 0) is 42.3 Å². The van der Waals surface area contributed by atoms with Crippen molar-refractivity contribution in [2.24, 2.45) is 20.0 Å². The largest absolute Gasteiger partial charge is 0.497 e. The lowest BCUT2D eigenvalue weighted by molar-refractivity contribution is -0.116. The van der Waals surface area contributed by atoms with Crippen LogP contribution in [0, 0.1) is 5.92 Å². The third-order valence-electron chi connectivity index (χ3n) is 4.90. The summed E-state index contributed by atoms with van der Waals surface area (Å²) in [6, 6.07) is 8.97. The summed E-state index contributed by atoms with van der Waals surface area (Å²) in [5.74, 6) is 0.341. The van der Waals surface area contributed by atoms with Gasteiger partial charge in [-0.2, -0.15) is 0 Å². The van der Waals surface area contributed by atoms with Crippen molar-refractivity contribution >= 4 is 32.5 Å². The molecule has 1 amide bonds. The number of sulfone groups is 1. The first-order chi connectivity index (χ1) is 14.1. The minimum absolute atomic E-state index is 0.0583. The van der Waals surface area contributed by atoms with Crippen molar-refractivity contribution in [3.05, 3.63) is 46.9 Å². The van der Waals surface area contributed by atoms with Crippen molar-refractivity contribution in [1.82, 2.24) is 9.13 Å². The minimum atomic E-state index is -3.98. The molecule has 3 rings (SSSR count). The highest BCUT2D eigenvalue weighted by atomic mass is 32.2. The van der Waals surface area contributed by atoms with Gasteiger partial charge < -0.3 is 10.1 Å².